The molecule has 0 aliphatic carbocycles. The lowest BCUT2D eigenvalue weighted by atomic mass is 10.0. The van der Waals surface area contributed by atoms with Crippen LogP contribution in [0.3, 0.4) is 0 Å². The van der Waals surface area contributed by atoms with E-state index in [1.54, 1.807) is 24.3 Å². The summed E-state index contributed by atoms with van der Waals surface area (Å²) in [6, 6.07) is 11.9. The monoisotopic (exact) mass is 352 g/mol. The number of hydrogen-bond acceptors (Lipinski definition) is 5. The first-order valence-electron chi connectivity index (χ1n) is 8.08. The maximum Gasteiger partial charge on any atom is 0.191 e. The van der Waals surface area contributed by atoms with E-state index in [0.29, 0.717) is 12.1 Å². The van der Waals surface area contributed by atoms with Crippen molar-refractivity contribution in [1.29, 1.82) is 0 Å². The molecule has 3 aromatic rings. The maximum absolute atomic E-state index is 12.5. The van der Waals surface area contributed by atoms with Gasteiger partial charge in [0.25, 0.3) is 0 Å². The van der Waals surface area contributed by atoms with E-state index in [1.807, 2.05) is 42.8 Å². The van der Waals surface area contributed by atoms with Crippen LogP contribution in [0.5, 0.6) is 0 Å². The number of aryl methyl sites for hydroxylation is 2. The maximum atomic E-state index is 12.5. The van der Waals surface area contributed by atoms with Gasteiger partial charge in [0.2, 0.25) is 0 Å². The Morgan fingerprint density at radius 3 is 2.84 bits per heavy atom. The molecule has 5 nitrogen and oxygen atoms in total. The average molecular weight is 352 g/mol. The molecule has 0 bridgehead atoms. The number of carbonyl (C=O) groups excluding carboxylic acids is 1. The zero-order chi connectivity index (χ0) is 17.8. The van der Waals surface area contributed by atoms with Gasteiger partial charge in [-0.2, -0.15) is 0 Å². The van der Waals surface area contributed by atoms with E-state index in [-0.39, 0.29) is 11.0 Å². The number of rotatable bonds is 6. The van der Waals surface area contributed by atoms with Crippen LogP contribution in [0.4, 0.5) is 0 Å². The van der Waals surface area contributed by atoms with E-state index in [1.165, 1.54) is 0 Å². The molecule has 128 valence electrons. The first-order valence-corrected chi connectivity index (χ1v) is 8.96. The molecule has 0 fully saturated rings. The van der Waals surface area contributed by atoms with Gasteiger partial charge in [-0.15, -0.1) is 10.2 Å². The van der Waals surface area contributed by atoms with E-state index in [4.69, 9.17) is 0 Å². The van der Waals surface area contributed by atoms with Gasteiger partial charge in [-0.1, -0.05) is 36.0 Å². The van der Waals surface area contributed by atoms with Crippen LogP contribution in [0.2, 0.25) is 0 Å². The molecule has 0 aliphatic rings. The molecule has 2 heterocycles. The Hall–Kier alpha value is -2.47. The zero-order valence-corrected chi connectivity index (χ0v) is 15.3. The Bertz CT molecular complexity index is 890. The van der Waals surface area contributed by atoms with Gasteiger partial charge in [0, 0.05) is 24.9 Å². The Morgan fingerprint density at radius 1 is 1.28 bits per heavy atom. The van der Waals surface area contributed by atoms with Crippen molar-refractivity contribution in [2.45, 2.75) is 30.7 Å². The molecule has 0 aliphatic heterocycles. The van der Waals surface area contributed by atoms with E-state index < -0.39 is 0 Å². The fraction of sp³-hybridized carbons (Fsp3) is 0.263. The number of benzene rings is 1. The summed E-state index contributed by atoms with van der Waals surface area (Å²) in [4.78, 5) is 16.6. The summed E-state index contributed by atoms with van der Waals surface area (Å²) in [5.74, 6) is 0.0365. The van der Waals surface area contributed by atoms with Crippen molar-refractivity contribution < 1.29 is 4.79 Å². The number of ketones is 1. The van der Waals surface area contributed by atoms with Crippen LogP contribution in [0.25, 0.3) is 0 Å². The number of carbonyl (C=O) groups is 1. The normalized spacial score (nSPS) is 12.1. The Morgan fingerprint density at radius 2 is 2.12 bits per heavy atom. The molecule has 0 N–H and O–H groups in total. The summed E-state index contributed by atoms with van der Waals surface area (Å²) in [5.41, 5.74) is 3.72. The lowest BCUT2D eigenvalue weighted by Gasteiger charge is -2.12. The number of pyridine rings is 1. The van der Waals surface area contributed by atoms with Crippen LogP contribution < -0.4 is 0 Å². The molecule has 3 rings (SSSR count). The minimum Gasteiger partial charge on any atom is -0.312 e. The van der Waals surface area contributed by atoms with Crippen molar-refractivity contribution in [2.75, 3.05) is 0 Å². The summed E-state index contributed by atoms with van der Waals surface area (Å²) in [7, 11) is 1.93. The standard InChI is InChI=1S/C19H20N4OS/c1-13-7-8-20-17(9-13)18(24)11-15-5-4-6-16(10-15)14(2)25-19-22-21-12-23(19)3/h4-10,12,14H,11H2,1-3H3/t14-/m0/s1. The predicted octanol–water partition coefficient (Wildman–Crippen LogP) is 3.80. The minimum atomic E-state index is 0.0365. The van der Waals surface area contributed by atoms with Crippen molar-refractivity contribution in [1.82, 2.24) is 19.7 Å². The van der Waals surface area contributed by atoms with Gasteiger partial charge in [-0.05, 0) is 42.7 Å². The van der Waals surface area contributed by atoms with Crippen molar-refractivity contribution in [3.8, 4) is 0 Å². The Labute approximate surface area is 151 Å². The third kappa shape index (κ3) is 4.33. The molecule has 0 amide bonds. The fourth-order valence-electron chi connectivity index (χ4n) is 2.53. The molecular weight excluding hydrogens is 332 g/mol. The highest BCUT2D eigenvalue weighted by Crippen LogP contribution is 2.33. The fourth-order valence-corrected chi connectivity index (χ4v) is 3.43. The van der Waals surface area contributed by atoms with Crippen LogP contribution in [-0.2, 0) is 13.5 Å². The molecule has 0 saturated heterocycles. The predicted molar refractivity (Wildman–Crippen MR) is 98.7 cm³/mol. The van der Waals surface area contributed by atoms with Gasteiger partial charge >= 0.3 is 0 Å². The van der Waals surface area contributed by atoms with E-state index in [2.05, 4.69) is 34.2 Å². The van der Waals surface area contributed by atoms with Gasteiger partial charge < -0.3 is 4.57 Å². The minimum absolute atomic E-state index is 0.0365. The van der Waals surface area contributed by atoms with Gasteiger partial charge in [-0.25, -0.2) is 0 Å². The molecule has 1 atom stereocenters. The molecule has 0 unspecified atom stereocenters. The van der Waals surface area contributed by atoms with Crippen LogP contribution in [0, 0.1) is 6.92 Å². The average Bonchev–Trinajstić information content (AvgIpc) is 3.00. The highest BCUT2D eigenvalue weighted by molar-refractivity contribution is 7.99. The van der Waals surface area contributed by atoms with Crippen LogP contribution in [0.15, 0.2) is 54.1 Å². The lowest BCUT2D eigenvalue weighted by molar-refractivity contribution is 0.0988. The lowest BCUT2D eigenvalue weighted by Crippen LogP contribution is -2.06. The molecule has 2 aromatic heterocycles. The molecule has 0 saturated carbocycles. The third-order valence-electron chi connectivity index (χ3n) is 3.94. The second kappa shape index (κ2) is 7.61. The van der Waals surface area contributed by atoms with E-state index >= 15 is 0 Å². The van der Waals surface area contributed by atoms with Gasteiger partial charge in [-0.3, -0.25) is 9.78 Å². The molecule has 1 aromatic carbocycles. The van der Waals surface area contributed by atoms with Gasteiger partial charge in [0.05, 0.1) is 0 Å². The second-order valence-corrected chi connectivity index (χ2v) is 7.36. The number of Topliss-reactive ketones (excluding diaryl/α,β-unsaturated/α-hetero) is 1. The number of nitrogens with zero attached hydrogens (tertiary/aromatic N) is 4. The third-order valence-corrected chi connectivity index (χ3v) is 5.14. The molecule has 25 heavy (non-hydrogen) atoms. The summed E-state index contributed by atoms with van der Waals surface area (Å²) >= 11 is 1.65. The summed E-state index contributed by atoms with van der Waals surface area (Å²) in [6.45, 7) is 4.09. The SMILES string of the molecule is Cc1ccnc(C(=O)Cc2cccc([C@H](C)Sc3nncn3C)c2)c1. The quantitative estimate of drug-likeness (QED) is 0.499. The Kier molecular flexibility index (Phi) is 5.28. The molecular formula is C19H20N4OS. The first kappa shape index (κ1) is 17.4. The van der Waals surface area contributed by atoms with Gasteiger partial charge in [0.1, 0.15) is 12.0 Å². The van der Waals surface area contributed by atoms with Crippen LogP contribution >= 0.6 is 11.8 Å². The number of hydrogen-bond donors (Lipinski definition) is 0. The van der Waals surface area contributed by atoms with Gasteiger partial charge in [0.15, 0.2) is 10.9 Å². The van der Waals surface area contributed by atoms with Crippen molar-refractivity contribution in [3.63, 3.8) is 0 Å². The largest absolute Gasteiger partial charge is 0.312 e. The van der Waals surface area contributed by atoms with Crippen LogP contribution in [-0.4, -0.2) is 25.5 Å². The number of thioether (sulfide) groups is 1. The van der Waals surface area contributed by atoms with Crippen LogP contribution in [0.1, 0.15) is 39.4 Å². The zero-order valence-electron chi connectivity index (χ0n) is 14.5. The summed E-state index contributed by atoms with van der Waals surface area (Å²) in [5, 5.41) is 9.11. The molecule has 6 heteroatoms. The summed E-state index contributed by atoms with van der Waals surface area (Å²) < 4.78 is 1.90. The first-order chi connectivity index (χ1) is 12.0. The highest BCUT2D eigenvalue weighted by atomic mass is 32.2. The Balaban J connectivity index is 1.73. The van der Waals surface area contributed by atoms with E-state index in [0.717, 1.165) is 21.8 Å². The van der Waals surface area contributed by atoms with Crippen molar-refractivity contribution in [2.24, 2.45) is 7.05 Å². The summed E-state index contributed by atoms with van der Waals surface area (Å²) in [6.07, 6.45) is 3.73. The number of aromatic nitrogens is 4. The van der Waals surface area contributed by atoms with Crippen molar-refractivity contribution in [3.05, 3.63) is 71.3 Å². The molecule has 0 radical (unpaired) electrons. The van der Waals surface area contributed by atoms with E-state index in [9.17, 15) is 4.79 Å². The topological polar surface area (TPSA) is 60.7 Å². The smallest absolute Gasteiger partial charge is 0.191 e. The molecule has 0 spiro atoms. The second-order valence-electron chi connectivity index (χ2n) is 6.05. The van der Waals surface area contributed by atoms with Crippen molar-refractivity contribution >= 4 is 17.5 Å². The highest BCUT2D eigenvalue weighted by Gasteiger charge is 2.13.